The number of carboxylic acids is 1. The molecule has 1 unspecified atom stereocenters. The molecule has 1 heterocycles. The summed E-state index contributed by atoms with van der Waals surface area (Å²) in [4.78, 5) is 19.1. The van der Waals surface area contributed by atoms with Crippen molar-refractivity contribution in [3.63, 3.8) is 0 Å². The van der Waals surface area contributed by atoms with Gasteiger partial charge in [0.15, 0.2) is 5.82 Å². The topological polar surface area (TPSA) is 98.3 Å². The second-order valence-electron chi connectivity index (χ2n) is 4.89. The second kappa shape index (κ2) is 5.97. The number of aromatic carboxylic acids is 1. The van der Waals surface area contributed by atoms with E-state index in [9.17, 15) is 4.79 Å². The van der Waals surface area contributed by atoms with Gasteiger partial charge in [-0.3, -0.25) is 0 Å². The predicted molar refractivity (Wildman–Crippen MR) is 69.7 cm³/mol. The minimum Gasteiger partial charge on any atom is -0.477 e. The van der Waals surface area contributed by atoms with Gasteiger partial charge >= 0.3 is 5.97 Å². The minimum atomic E-state index is -1.12. The van der Waals surface area contributed by atoms with E-state index < -0.39 is 5.97 Å². The average molecular weight is 265 g/mol. The molecule has 6 heteroatoms. The molecule has 6 nitrogen and oxygen atoms in total. The van der Waals surface area contributed by atoms with Crippen LogP contribution in [-0.4, -0.2) is 28.2 Å². The molecule has 19 heavy (non-hydrogen) atoms. The van der Waals surface area contributed by atoms with Crippen molar-refractivity contribution in [2.45, 2.75) is 38.2 Å². The fourth-order valence-electron chi connectivity index (χ4n) is 2.66. The molecule has 0 radical (unpaired) electrons. The van der Waals surface area contributed by atoms with E-state index in [4.69, 9.17) is 15.6 Å². The summed E-state index contributed by atoms with van der Waals surface area (Å²) in [6.45, 7) is 0. The number of rotatable bonds is 4. The molecule has 1 aliphatic rings. The van der Waals surface area contributed by atoms with Crippen LogP contribution in [0.5, 0.6) is 0 Å². The summed E-state index contributed by atoms with van der Waals surface area (Å²) in [5.74, 6) is -0.253. The minimum absolute atomic E-state index is 0.00430. The molecule has 0 spiro atoms. The van der Waals surface area contributed by atoms with Crippen molar-refractivity contribution in [1.82, 2.24) is 9.97 Å². The lowest BCUT2D eigenvalue weighted by atomic mass is 9.85. The molecular formula is C13H19N3O3. The summed E-state index contributed by atoms with van der Waals surface area (Å²) in [6.07, 6.45) is 6.86. The third-order valence-electron chi connectivity index (χ3n) is 3.65. The van der Waals surface area contributed by atoms with Crippen molar-refractivity contribution >= 4 is 11.8 Å². The third kappa shape index (κ3) is 3.01. The molecule has 0 saturated heterocycles. The maximum Gasteiger partial charge on any atom is 0.341 e. The average Bonchev–Trinajstić information content (AvgIpc) is 2.40. The SMILES string of the molecule is COC(c1ncc(C(=O)O)c(N)n1)C1CCCCC1. The first-order valence-corrected chi connectivity index (χ1v) is 6.52. The van der Waals surface area contributed by atoms with Gasteiger partial charge in [0, 0.05) is 13.3 Å². The van der Waals surface area contributed by atoms with Crippen LogP contribution in [0.15, 0.2) is 6.20 Å². The summed E-state index contributed by atoms with van der Waals surface area (Å²) in [7, 11) is 1.63. The summed E-state index contributed by atoms with van der Waals surface area (Å²) in [6, 6.07) is 0. The van der Waals surface area contributed by atoms with Crippen LogP contribution in [0.2, 0.25) is 0 Å². The molecule has 0 aromatic carbocycles. The number of nitrogen functional groups attached to an aromatic ring is 1. The molecule has 3 N–H and O–H groups in total. The van der Waals surface area contributed by atoms with Gasteiger partial charge < -0.3 is 15.6 Å². The first-order valence-electron chi connectivity index (χ1n) is 6.52. The maximum absolute atomic E-state index is 10.9. The van der Waals surface area contributed by atoms with Gasteiger partial charge in [0.2, 0.25) is 0 Å². The van der Waals surface area contributed by atoms with Crippen LogP contribution in [-0.2, 0) is 4.74 Å². The molecule has 2 rings (SSSR count). The number of hydrogen-bond donors (Lipinski definition) is 2. The lowest BCUT2D eigenvalue weighted by Gasteiger charge is -2.28. The van der Waals surface area contributed by atoms with Gasteiger partial charge in [0.1, 0.15) is 17.5 Å². The van der Waals surface area contributed by atoms with E-state index in [0.29, 0.717) is 11.7 Å². The molecule has 1 fully saturated rings. The smallest absolute Gasteiger partial charge is 0.341 e. The number of aromatic nitrogens is 2. The Kier molecular flexibility index (Phi) is 4.31. The summed E-state index contributed by atoms with van der Waals surface area (Å²) in [5, 5.41) is 8.91. The van der Waals surface area contributed by atoms with E-state index in [1.165, 1.54) is 25.5 Å². The molecule has 104 valence electrons. The lowest BCUT2D eigenvalue weighted by Crippen LogP contribution is -2.21. The normalized spacial score (nSPS) is 18.2. The fourth-order valence-corrected chi connectivity index (χ4v) is 2.66. The van der Waals surface area contributed by atoms with Crippen molar-refractivity contribution in [1.29, 1.82) is 0 Å². The Balaban J connectivity index is 2.23. The highest BCUT2D eigenvalue weighted by atomic mass is 16.5. The number of anilines is 1. The Labute approximate surface area is 112 Å². The van der Waals surface area contributed by atoms with Crippen LogP contribution in [0.3, 0.4) is 0 Å². The van der Waals surface area contributed by atoms with E-state index in [-0.39, 0.29) is 17.5 Å². The first-order chi connectivity index (χ1) is 9.13. The van der Waals surface area contributed by atoms with Gasteiger partial charge in [0.05, 0.1) is 0 Å². The monoisotopic (exact) mass is 265 g/mol. The third-order valence-corrected chi connectivity index (χ3v) is 3.65. The Hall–Kier alpha value is -1.69. The highest BCUT2D eigenvalue weighted by Crippen LogP contribution is 2.35. The summed E-state index contributed by atoms with van der Waals surface area (Å²) >= 11 is 0. The zero-order valence-corrected chi connectivity index (χ0v) is 11.0. The Morgan fingerprint density at radius 1 is 1.47 bits per heavy atom. The first kappa shape index (κ1) is 13.7. The maximum atomic E-state index is 10.9. The van der Waals surface area contributed by atoms with Crippen molar-refractivity contribution < 1.29 is 14.6 Å². The number of methoxy groups -OCH3 is 1. The standard InChI is InChI=1S/C13H19N3O3/c1-19-10(8-5-3-2-4-6-8)12-15-7-9(13(17)18)11(14)16-12/h7-8,10H,2-6H2,1H3,(H,17,18)(H2,14,15,16). The zero-order valence-electron chi connectivity index (χ0n) is 11.0. The van der Waals surface area contributed by atoms with E-state index in [1.54, 1.807) is 7.11 Å². The quantitative estimate of drug-likeness (QED) is 0.864. The zero-order chi connectivity index (χ0) is 13.8. The number of carboxylic acid groups (broad SMARTS) is 1. The summed E-state index contributed by atoms with van der Waals surface area (Å²) < 4.78 is 5.50. The number of nitrogens with two attached hydrogens (primary N) is 1. The van der Waals surface area contributed by atoms with Crippen LogP contribution in [0.1, 0.15) is 54.4 Å². The van der Waals surface area contributed by atoms with E-state index in [1.807, 2.05) is 0 Å². The molecule has 1 aromatic rings. The van der Waals surface area contributed by atoms with Crippen molar-refractivity contribution in [3.05, 3.63) is 17.6 Å². The highest BCUT2D eigenvalue weighted by molar-refractivity contribution is 5.92. The molecular weight excluding hydrogens is 246 g/mol. The molecule has 1 aliphatic carbocycles. The van der Waals surface area contributed by atoms with Gasteiger partial charge in [-0.1, -0.05) is 19.3 Å². The fraction of sp³-hybridized carbons (Fsp3) is 0.615. The summed E-state index contributed by atoms with van der Waals surface area (Å²) in [5.41, 5.74) is 5.59. The second-order valence-corrected chi connectivity index (χ2v) is 4.89. The number of hydrogen-bond acceptors (Lipinski definition) is 5. The van der Waals surface area contributed by atoms with Crippen LogP contribution >= 0.6 is 0 Å². The largest absolute Gasteiger partial charge is 0.477 e. The van der Waals surface area contributed by atoms with Crippen LogP contribution in [0.25, 0.3) is 0 Å². The van der Waals surface area contributed by atoms with Crippen LogP contribution < -0.4 is 5.73 Å². The molecule has 1 aromatic heterocycles. The molecule has 0 bridgehead atoms. The Bertz CT molecular complexity index is 458. The molecule has 1 atom stereocenters. The highest BCUT2D eigenvalue weighted by Gasteiger charge is 2.27. The predicted octanol–water partition coefficient (Wildman–Crippen LogP) is 2.02. The van der Waals surface area contributed by atoms with E-state index >= 15 is 0 Å². The van der Waals surface area contributed by atoms with Gasteiger partial charge in [-0.2, -0.15) is 0 Å². The number of nitrogens with zero attached hydrogens (tertiary/aromatic N) is 2. The Morgan fingerprint density at radius 3 is 2.68 bits per heavy atom. The molecule has 0 aliphatic heterocycles. The van der Waals surface area contributed by atoms with Gasteiger partial charge in [-0.25, -0.2) is 14.8 Å². The molecule has 1 saturated carbocycles. The van der Waals surface area contributed by atoms with Gasteiger partial charge in [0.25, 0.3) is 0 Å². The van der Waals surface area contributed by atoms with Crippen molar-refractivity contribution in [2.75, 3.05) is 12.8 Å². The van der Waals surface area contributed by atoms with Crippen molar-refractivity contribution in [3.8, 4) is 0 Å². The number of ether oxygens (including phenoxy) is 1. The van der Waals surface area contributed by atoms with Crippen molar-refractivity contribution in [2.24, 2.45) is 5.92 Å². The Morgan fingerprint density at radius 2 is 2.16 bits per heavy atom. The van der Waals surface area contributed by atoms with Gasteiger partial charge in [-0.05, 0) is 18.8 Å². The molecule has 0 amide bonds. The van der Waals surface area contributed by atoms with Crippen LogP contribution in [0.4, 0.5) is 5.82 Å². The lowest BCUT2D eigenvalue weighted by molar-refractivity contribution is 0.0289. The number of carbonyl (C=O) groups is 1. The van der Waals surface area contributed by atoms with E-state index in [2.05, 4.69) is 9.97 Å². The van der Waals surface area contributed by atoms with Gasteiger partial charge in [-0.15, -0.1) is 0 Å². The van der Waals surface area contributed by atoms with E-state index in [0.717, 1.165) is 12.8 Å². The van der Waals surface area contributed by atoms with Crippen LogP contribution in [0, 0.1) is 5.92 Å².